The van der Waals surface area contributed by atoms with E-state index < -0.39 is 10.0 Å². The Hall–Kier alpha value is -2.48. The minimum absolute atomic E-state index is 0.147. The monoisotopic (exact) mass is 467 g/mol. The molecule has 33 heavy (non-hydrogen) atoms. The van der Waals surface area contributed by atoms with E-state index in [4.69, 9.17) is 4.74 Å². The molecule has 0 amide bonds. The molecule has 3 aromatic rings. The molecule has 0 spiro atoms. The fraction of sp³-hybridized carbons (Fsp3) is 0.423. The van der Waals surface area contributed by atoms with Crippen molar-refractivity contribution in [3.05, 3.63) is 66.4 Å². The predicted molar refractivity (Wildman–Crippen MR) is 132 cm³/mol. The Morgan fingerprint density at radius 1 is 1.09 bits per heavy atom. The van der Waals surface area contributed by atoms with Crippen LogP contribution in [0, 0.1) is 0 Å². The van der Waals surface area contributed by atoms with Crippen molar-refractivity contribution in [2.45, 2.75) is 50.0 Å². The van der Waals surface area contributed by atoms with Crippen LogP contribution in [-0.4, -0.2) is 50.6 Å². The Balaban J connectivity index is 1.30. The number of aromatic nitrogens is 1. The largest absolute Gasteiger partial charge is 0.488 e. The quantitative estimate of drug-likeness (QED) is 0.479. The van der Waals surface area contributed by atoms with Gasteiger partial charge in [-0.2, -0.15) is 0 Å². The number of pyridine rings is 1. The number of ether oxygens (including phenoxy) is 1. The van der Waals surface area contributed by atoms with Gasteiger partial charge in [-0.3, -0.25) is 4.98 Å². The molecule has 6 nitrogen and oxygen atoms in total. The molecule has 1 aliphatic rings. The van der Waals surface area contributed by atoms with Crippen molar-refractivity contribution in [1.82, 2.24) is 14.6 Å². The first kappa shape index (κ1) is 23.7. The summed E-state index contributed by atoms with van der Waals surface area (Å²) in [4.78, 5) is 7.17. The van der Waals surface area contributed by atoms with Gasteiger partial charge in [0.2, 0.25) is 10.0 Å². The molecule has 0 saturated carbocycles. The van der Waals surface area contributed by atoms with Crippen molar-refractivity contribution >= 4 is 20.9 Å². The van der Waals surface area contributed by atoms with E-state index in [2.05, 4.69) is 39.7 Å². The smallest absolute Gasteiger partial charge is 0.240 e. The lowest BCUT2D eigenvalue weighted by molar-refractivity contribution is 0.103. The van der Waals surface area contributed by atoms with Gasteiger partial charge in [0.25, 0.3) is 0 Å². The van der Waals surface area contributed by atoms with Crippen LogP contribution in [0.25, 0.3) is 10.9 Å². The third-order valence-corrected chi connectivity index (χ3v) is 7.63. The van der Waals surface area contributed by atoms with Crippen LogP contribution in [0.2, 0.25) is 0 Å². The molecule has 0 radical (unpaired) electrons. The van der Waals surface area contributed by atoms with Crippen molar-refractivity contribution in [3.8, 4) is 5.75 Å². The number of unbranched alkanes of at least 4 members (excludes halogenated alkanes) is 1. The number of benzene rings is 2. The summed E-state index contributed by atoms with van der Waals surface area (Å²) in [5, 5.41) is 1.13. The summed E-state index contributed by atoms with van der Waals surface area (Å²) in [7, 11) is -3.45. The van der Waals surface area contributed by atoms with Crippen molar-refractivity contribution in [2.75, 3.05) is 26.2 Å². The van der Waals surface area contributed by atoms with Crippen molar-refractivity contribution < 1.29 is 13.2 Å². The number of fused-ring (bicyclic) bond motifs is 1. The number of nitrogens with zero attached hydrogens (tertiary/aromatic N) is 2. The van der Waals surface area contributed by atoms with Gasteiger partial charge in [-0.15, -0.1) is 0 Å². The Bertz CT molecular complexity index is 1140. The minimum atomic E-state index is -3.45. The second kappa shape index (κ2) is 11.1. The molecule has 0 unspecified atom stereocenters. The third-order valence-electron chi connectivity index (χ3n) is 6.15. The highest BCUT2D eigenvalue weighted by Gasteiger charge is 2.22. The van der Waals surface area contributed by atoms with Crippen molar-refractivity contribution in [1.29, 1.82) is 0 Å². The predicted octanol–water partition coefficient (Wildman–Crippen LogP) is 4.40. The second-order valence-corrected chi connectivity index (χ2v) is 10.4. The average Bonchev–Trinajstić information content (AvgIpc) is 2.84. The van der Waals surface area contributed by atoms with E-state index in [0.29, 0.717) is 18.0 Å². The number of likely N-dealkylation sites (tertiary alicyclic amines) is 1. The van der Waals surface area contributed by atoms with Crippen LogP contribution in [-0.2, 0) is 16.4 Å². The topological polar surface area (TPSA) is 71.5 Å². The summed E-state index contributed by atoms with van der Waals surface area (Å²) in [6.07, 6.45) is 7.18. The van der Waals surface area contributed by atoms with Gasteiger partial charge in [0.05, 0.1) is 4.90 Å². The fourth-order valence-corrected chi connectivity index (χ4v) is 5.33. The molecule has 7 heteroatoms. The number of rotatable bonds is 10. The molecule has 176 valence electrons. The van der Waals surface area contributed by atoms with E-state index in [1.807, 2.05) is 18.3 Å². The molecule has 1 aliphatic heterocycles. The summed E-state index contributed by atoms with van der Waals surface area (Å²) in [5.41, 5.74) is 2.23. The SMILES string of the molecule is CCCCc1cc(OC2CCN(CCNS(=O)(=O)c3ccccc3)CC2)c2ncccc2c1. The Kier molecular flexibility index (Phi) is 7.96. The van der Waals surface area contributed by atoms with Gasteiger partial charge in [-0.05, 0) is 61.6 Å². The highest BCUT2D eigenvalue weighted by Crippen LogP contribution is 2.29. The fourth-order valence-electron chi connectivity index (χ4n) is 4.28. The highest BCUT2D eigenvalue weighted by molar-refractivity contribution is 7.89. The number of aryl methyl sites for hydroxylation is 1. The molecular weight excluding hydrogens is 434 g/mol. The molecule has 1 fully saturated rings. The van der Waals surface area contributed by atoms with E-state index >= 15 is 0 Å². The molecule has 4 rings (SSSR count). The number of hydrogen-bond acceptors (Lipinski definition) is 5. The van der Waals surface area contributed by atoms with E-state index in [1.54, 1.807) is 24.3 Å². The average molecular weight is 468 g/mol. The van der Waals surface area contributed by atoms with Gasteiger partial charge >= 0.3 is 0 Å². The molecule has 2 aromatic carbocycles. The number of piperidine rings is 1. The Morgan fingerprint density at radius 2 is 1.88 bits per heavy atom. The summed E-state index contributed by atoms with van der Waals surface area (Å²) in [6, 6.07) is 17.0. The maximum absolute atomic E-state index is 12.4. The van der Waals surface area contributed by atoms with Crippen LogP contribution < -0.4 is 9.46 Å². The Morgan fingerprint density at radius 3 is 2.64 bits per heavy atom. The molecular formula is C26H33N3O3S. The van der Waals surface area contributed by atoms with Crippen LogP contribution in [0.4, 0.5) is 0 Å². The molecule has 0 bridgehead atoms. The van der Waals surface area contributed by atoms with Gasteiger partial charge in [0, 0.05) is 37.8 Å². The van der Waals surface area contributed by atoms with Gasteiger partial charge in [-0.1, -0.05) is 37.6 Å². The molecule has 0 aliphatic carbocycles. The first-order valence-corrected chi connectivity index (χ1v) is 13.3. The maximum Gasteiger partial charge on any atom is 0.240 e. The molecule has 1 saturated heterocycles. The Labute approximate surface area is 197 Å². The highest BCUT2D eigenvalue weighted by atomic mass is 32.2. The maximum atomic E-state index is 12.4. The summed E-state index contributed by atoms with van der Waals surface area (Å²) >= 11 is 0. The summed E-state index contributed by atoms with van der Waals surface area (Å²) in [6.45, 7) is 5.07. The van der Waals surface area contributed by atoms with E-state index in [9.17, 15) is 8.42 Å². The lowest BCUT2D eigenvalue weighted by Crippen LogP contribution is -2.42. The zero-order valence-electron chi connectivity index (χ0n) is 19.2. The molecule has 1 N–H and O–H groups in total. The molecule has 2 heterocycles. The van der Waals surface area contributed by atoms with Crippen molar-refractivity contribution in [3.63, 3.8) is 0 Å². The van der Waals surface area contributed by atoms with Crippen LogP contribution in [0.15, 0.2) is 65.7 Å². The van der Waals surface area contributed by atoms with Crippen LogP contribution in [0.5, 0.6) is 5.75 Å². The van der Waals surface area contributed by atoms with Gasteiger partial charge < -0.3 is 9.64 Å². The number of sulfonamides is 1. The zero-order valence-corrected chi connectivity index (χ0v) is 20.1. The van der Waals surface area contributed by atoms with Gasteiger partial charge in [0.1, 0.15) is 17.4 Å². The number of hydrogen-bond donors (Lipinski definition) is 1. The normalized spacial score (nSPS) is 15.7. The minimum Gasteiger partial charge on any atom is -0.488 e. The second-order valence-electron chi connectivity index (χ2n) is 8.64. The van der Waals surface area contributed by atoms with Crippen LogP contribution >= 0.6 is 0 Å². The third kappa shape index (κ3) is 6.31. The summed E-state index contributed by atoms with van der Waals surface area (Å²) < 4.78 is 33.9. The lowest BCUT2D eigenvalue weighted by Gasteiger charge is -2.32. The van der Waals surface area contributed by atoms with E-state index in [-0.39, 0.29) is 6.10 Å². The van der Waals surface area contributed by atoms with Crippen molar-refractivity contribution in [2.24, 2.45) is 0 Å². The standard InChI is InChI=1S/C26H33N3O3S/c1-2-3-8-21-19-22-9-7-14-27-26(22)25(20-21)32-23-12-16-29(17-13-23)18-15-28-33(30,31)24-10-5-4-6-11-24/h4-7,9-11,14,19-20,23,28H,2-3,8,12-13,15-18H2,1H3. The first-order valence-electron chi connectivity index (χ1n) is 11.9. The van der Waals surface area contributed by atoms with E-state index in [0.717, 1.165) is 55.4 Å². The zero-order chi connectivity index (χ0) is 23.1. The van der Waals surface area contributed by atoms with Crippen LogP contribution in [0.1, 0.15) is 38.2 Å². The molecule has 1 aromatic heterocycles. The number of nitrogens with one attached hydrogen (secondary N) is 1. The van der Waals surface area contributed by atoms with Gasteiger partial charge in [-0.25, -0.2) is 13.1 Å². The molecule has 0 atom stereocenters. The van der Waals surface area contributed by atoms with E-state index in [1.165, 1.54) is 12.0 Å². The van der Waals surface area contributed by atoms with Gasteiger partial charge in [0.15, 0.2) is 0 Å². The van der Waals surface area contributed by atoms with Crippen LogP contribution in [0.3, 0.4) is 0 Å². The first-order chi connectivity index (χ1) is 16.0. The lowest BCUT2D eigenvalue weighted by atomic mass is 10.0. The summed E-state index contributed by atoms with van der Waals surface area (Å²) in [5.74, 6) is 0.883.